The molecule has 6 N–H and O–H groups in total. The van der Waals surface area contributed by atoms with Crippen molar-refractivity contribution in [2.24, 2.45) is 11.5 Å². The predicted octanol–water partition coefficient (Wildman–Crippen LogP) is 0.544. The second-order valence-corrected chi connectivity index (χ2v) is 8.51. The Morgan fingerprint density at radius 2 is 2.04 bits per heavy atom. The van der Waals surface area contributed by atoms with Crippen molar-refractivity contribution in [3.05, 3.63) is 0 Å². The molecule has 154 valence electrons. The molecule has 0 saturated carbocycles. The number of nitrogens with zero attached hydrogens (tertiary/aromatic N) is 1. The van der Waals surface area contributed by atoms with Gasteiger partial charge in [-0.1, -0.05) is 12.8 Å². The summed E-state index contributed by atoms with van der Waals surface area (Å²) in [5.74, 6) is 0.505. The highest BCUT2D eigenvalue weighted by molar-refractivity contribution is 8.00. The molecular formula is C18H33N5O3S. The largest absolute Gasteiger partial charge is 0.332 e. The second-order valence-electron chi connectivity index (χ2n) is 7.23. The van der Waals surface area contributed by atoms with Crippen molar-refractivity contribution in [3.63, 3.8) is 0 Å². The summed E-state index contributed by atoms with van der Waals surface area (Å²) in [6.45, 7) is 2.73. The van der Waals surface area contributed by atoms with E-state index in [2.05, 4.69) is 10.6 Å². The Bertz CT molecular complexity index is 533. The number of amides is 4. The first-order chi connectivity index (χ1) is 13.0. The van der Waals surface area contributed by atoms with E-state index in [4.69, 9.17) is 11.5 Å². The van der Waals surface area contributed by atoms with Gasteiger partial charge < -0.3 is 22.1 Å². The summed E-state index contributed by atoms with van der Waals surface area (Å²) in [6, 6.07) is -0.294. The van der Waals surface area contributed by atoms with Crippen LogP contribution in [0.2, 0.25) is 0 Å². The normalized spacial score (nSPS) is 24.9. The maximum Gasteiger partial charge on any atom is 0.315 e. The second kappa shape index (κ2) is 10.9. The molecule has 4 atom stereocenters. The number of likely N-dealkylation sites (N-methyl/N-ethyl adjacent to an activating group) is 1. The van der Waals surface area contributed by atoms with E-state index in [1.807, 2.05) is 11.8 Å². The molecule has 2 aliphatic heterocycles. The summed E-state index contributed by atoms with van der Waals surface area (Å²) in [4.78, 5) is 37.5. The van der Waals surface area contributed by atoms with Gasteiger partial charge in [0.1, 0.15) is 0 Å². The smallest absolute Gasteiger partial charge is 0.315 e. The Kier molecular flexibility index (Phi) is 8.85. The molecule has 0 unspecified atom stereocenters. The van der Waals surface area contributed by atoms with E-state index in [1.165, 1.54) is 4.90 Å². The van der Waals surface area contributed by atoms with Gasteiger partial charge in [-0.3, -0.25) is 14.5 Å². The fourth-order valence-electron chi connectivity index (χ4n) is 3.69. The van der Waals surface area contributed by atoms with Crippen molar-refractivity contribution in [1.29, 1.82) is 0 Å². The minimum atomic E-state index is -0.634. The minimum Gasteiger partial charge on any atom is -0.332 e. The number of imide groups is 1. The van der Waals surface area contributed by atoms with E-state index < -0.39 is 6.04 Å². The monoisotopic (exact) mass is 399 g/mol. The number of nitrogens with two attached hydrogens (primary N) is 2. The van der Waals surface area contributed by atoms with Crippen LogP contribution in [-0.4, -0.2) is 65.0 Å². The molecule has 0 spiro atoms. The van der Waals surface area contributed by atoms with E-state index in [0.717, 1.165) is 37.9 Å². The van der Waals surface area contributed by atoms with Crippen LogP contribution < -0.4 is 22.1 Å². The fourth-order valence-corrected chi connectivity index (χ4v) is 5.23. The fraction of sp³-hybridized carbons (Fsp3) is 0.833. The lowest BCUT2D eigenvalue weighted by Gasteiger charge is -2.23. The van der Waals surface area contributed by atoms with Crippen molar-refractivity contribution < 1.29 is 14.4 Å². The first-order valence-electron chi connectivity index (χ1n) is 9.96. The first kappa shape index (κ1) is 22.0. The average molecular weight is 400 g/mol. The highest BCUT2D eigenvalue weighted by Gasteiger charge is 2.42. The highest BCUT2D eigenvalue weighted by Crippen LogP contribution is 2.33. The summed E-state index contributed by atoms with van der Waals surface area (Å²) in [5.41, 5.74) is 11.4. The average Bonchev–Trinajstić information content (AvgIpc) is 3.18. The number of fused-ring (bicyclic) bond motifs is 1. The van der Waals surface area contributed by atoms with Gasteiger partial charge in [0.25, 0.3) is 0 Å². The van der Waals surface area contributed by atoms with Crippen LogP contribution in [0, 0.1) is 0 Å². The van der Waals surface area contributed by atoms with Gasteiger partial charge in [-0.25, -0.2) is 4.79 Å². The zero-order chi connectivity index (χ0) is 19.8. The van der Waals surface area contributed by atoms with E-state index in [0.29, 0.717) is 31.2 Å². The quantitative estimate of drug-likeness (QED) is 0.296. The molecule has 0 aromatic rings. The number of unbranched alkanes of at least 4 members (excludes halogenated alkanes) is 2. The first-order valence-corrected chi connectivity index (χ1v) is 11.0. The Morgan fingerprint density at radius 3 is 2.74 bits per heavy atom. The van der Waals surface area contributed by atoms with Crippen LogP contribution in [0.4, 0.5) is 4.79 Å². The maximum absolute atomic E-state index is 12.4. The molecule has 8 nitrogen and oxygen atoms in total. The summed E-state index contributed by atoms with van der Waals surface area (Å²) in [7, 11) is 0. The van der Waals surface area contributed by atoms with Crippen molar-refractivity contribution in [2.75, 3.05) is 18.8 Å². The highest BCUT2D eigenvalue weighted by atomic mass is 32.2. The molecule has 0 aromatic heterocycles. The third kappa shape index (κ3) is 6.08. The Balaban J connectivity index is 1.68. The SMILES string of the molecule is CCN(C(=O)CCCC[C@@H]1SC[C@@H]2NC(=O)N[C@@H]21)C(=O)[C@@H](N)CCCCN. The van der Waals surface area contributed by atoms with Crippen LogP contribution >= 0.6 is 11.8 Å². The molecular weight excluding hydrogens is 366 g/mol. The summed E-state index contributed by atoms with van der Waals surface area (Å²) >= 11 is 1.87. The van der Waals surface area contributed by atoms with Crippen molar-refractivity contribution in [1.82, 2.24) is 15.5 Å². The zero-order valence-corrected chi connectivity index (χ0v) is 16.9. The lowest BCUT2D eigenvalue weighted by molar-refractivity contribution is -0.145. The molecule has 0 aliphatic carbocycles. The molecule has 4 amide bonds. The Labute approximate surface area is 165 Å². The molecule has 0 bridgehead atoms. The van der Waals surface area contributed by atoms with Crippen LogP contribution in [-0.2, 0) is 9.59 Å². The summed E-state index contributed by atoms with van der Waals surface area (Å²) < 4.78 is 0. The maximum atomic E-state index is 12.4. The standard InChI is InChI=1S/C18H33N5O3S/c1-2-23(17(25)12(20)7-5-6-10-19)15(24)9-4-3-8-14-16-13(11-27-14)21-18(26)22-16/h12-14,16H,2-11,19-20H2,1H3,(H2,21,22,26)/t12-,13-,14-,16-/m0/s1. The van der Waals surface area contributed by atoms with Crippen molar-refractivity contribution in [3.8, 4) is 0 Å². The number of nitrogens with one attached hydrogen (secondary N) is 2. The number of rotatable bonds is 11. The van der Waals surface area contributed by atoms with Crippen LogP contribution in [0.15, 0.2) is 0 Å². The number of hydrogen-bond donors (Lipinski definition) is 4. The third-order valence-corrected chi connectivity index (χ3v) is 6.75. The zero-order valence-electron chi connectivity index (χ0n) is 16.1. The number of urea groups is 1. The van der Waals surface area contributed by atoms with E-state index in [9.17, 15) is 14.4 Å². The van der Waals surface area contributed by atoms with Crippen LogP contribution in [0.1, 0.15) is 51.9 Å². The van der Waals surface area contributed by atoms with Gasteiger partial charge >= 0.3 is 6.03 Å². The molecule has 0 aromatic carbocycles. The Hall–Kier alpha value is -1.32. The lowest BCUT2D eigenvalue weighted by Crippen LogP contribution is -2.46. The summed E-state index contributed by atoms with van der Waals surface area (Å²) in [6.07, 6.45) is 5.13. The third-order valence-electron chi connectivity index (χ3n) is 5.24. The van der Waals surface area contributed by atoms with Crippen LogP contribution in [0.3, 0.4) is 0 Å². The molecule has 2 aliphatic rings. The lowest BCUT2D eigenvalue weighted by atomic mass is 10.0. The van der Waals surface area contributed by atoms with E-state index in [1.54, 1.807) is 6.92 Å². The molecule has 2 heterocycles. The topological polar surface area (TPSA) is 131 Å². The van der Waals surface area contributed by atoms with E-state index in [-0.39, 0.29) is 29.9 Å². The Morgan fingerprint density at radius 1 is 1.26 bits per heavy atom. The molecule has 0 radical (unpaired) electrons. The van der Waals surface area contributed by atoms with Crippen LogP contribution in [0.5, 0.6) is 0 Å². The van der Waals surface area contributed by atoms with Gasteiger partial charge in [0.15, 0.2) is 0 Å². The van der Waals surface area contributed by atoms with Gasteiger partial charge in [0.05, 0.1) is 18.1 Å². The summed E-state index contributed by atoms with van der Waals surface area (Å²) in [5, 5.41) is 6.30. The van der Waals surface area contributed by atoms with Crippen molar-refractivity contribution >= 4 is 29.6 Å². The number of thioether (sulfide) groups is 1. The molecule has 9 heteroatoms. The number of carbonyl (C=O) groups excluding carboxylic acids is 3. The number of hydrogen-bond acceptors (Lipinski definition) is 6. The molecule has 27 heavy (non-hydrogen) atoms. The minimum absolute atomic E-state index is 0.0784. The predicted molar refractivity (Wildman–Crippen MR) is 107 cm³/mol. The van der Waals surface area contributed by atoms with Gasteiger partial charge in [-0.15, -0.1) is 0 Å². The molecule has 2 saturated heterocycles. The van der Waals surface area contributed by atoms with Crippen molar-refractivity contribution in [2.45, 2.75) is 75.2 Å². The van der Waals surface area contributed by atoms with Gasteiger partial charge in [-0.2, -0.15) is 11.8 Å². The van der Waals surface area contributed by atoms with Gasteiger partial charge in [-0.05, 0) is 39.2 Å². The van der Waals surface area contributed by atoms with E-state index >= 15 is 0 Å². The molecule has 2 fully saturated rings. The molecule has 2 rings (SSSR count). The van der Waals surface area contributed by atoms with Crippen LogP contribution in [0.25, 0.3) is 0 Å². The number of carbonyl (C=O) groups is 3. The van der Waals surface area contributed by atoms with Gasteiger partial charge in [0.2, 0.25) is 11.8 Å². The van der Waals surface area contributed by atoms with Gasteiger partial charge in [0, 0.05) is 24.0 Å².